The summed E-state index contributed by atoms with van der Waals surface area (Å²) in [5.74, 6) is 1.85. The van der Waals surface area contributed by atoms with Crippen molar-refractivity contribution in [2.45, 2.75) is 19.9 Å². The molecule has 0 radical (unpaired) electrons. The number of aromatic nitrogens is 2. The van der Waals surface area contributed by atoms with Crippen LogP contribution >= 0.6 is 24.0 Å². The van der Waals surface area contributed by atoms with Crippen molar-refractivity contribution in [2.75, 3.05) is 51.2 Å². The molecule has 0 saturated carbocycles. The molecule has 2 N–H and O–H groups in total. The van der Waals surface area contributed by atoms with Crippen molar-refractivity contribution in [1.82, 2.24) is 25.5 Å². The first-order valence-corrected chi connectivity index (χ1v) is 10.0. The van der Waals surface area contributed by atoms with E-state index < -0.39 is 0 Å². The highest BCUT2D eigenvalue weighted by Gasteiger charge is 2.16. The van der Waals surface area contributed by atoms with Crippen molar-refractivity contribution in [1.29, 1.82) is 0 Å². The average molecular weight is 509 g/mol. The predicted octanol–water partition coefficient (Wildman–Crippen LogP) is 2.14. The second kappa shape index (κ2) is 12.6. The maximum atomic E-state index is 4.66. The summed E-state index contributed by atoms with van der Waals surface area (Å²) in [6.45, 7) is 9.15. The molecule has 0 bridgehead atoms. The summed E-state index contributed by atoms with van der Waals surface area (Å²) in [6, 6.07) is 10.2. The number of rotatable bonds is 7. The third-order valence-electron chi connectivity index (χ3n) is 5.04. The number of aliphatic imine (C=N–C) groups is 1. The van der Waals surface area contributed by atoms with Crippen molar-refractivity contribution in [3.8, 4) is 0 Å². The third-order valence-corrected chi connectivity index (χ3v) is 5.04. The van der Waals surface area contributed by atoms with Gasteiger partial charge in [0.2, 0.25) is 0 Å². The van der Waals surface area contributed by atoms with E-state index in [4.69, 9.17) is 0 Å². The zero-order chi connectivity index (χ0) is 19.6. The second-order valence-electron chi connectivity index (χ2n) is 6.87. The molecule has 2 aromatic heterocycles. The fraction of sp³-hybridized carbons (Fsp3) is 0.476. The summed E-state index contributed by atoms with van der Waals surface area (Å²) < 4.78 is 0. The third kappa shape index (κ3) is 7.43. The Morgan fingerprint density at radius 1 is 1.07 bits per heavy atom. The van der Waals surface area contributed by atoms with Gasteiger partial charge in [-0.3, -0.25) is 9.98 Å². The molecule has 29 heavy (non-hydrogen) atoms. The lowest BCUT2D eigenvalue weighted by molar-refractivity contribution is 0.270. The molecule has 3 rings (SSSR count). The lowest BCUT2D eigenvalue weighted by Crippen LogP contribution is -2.46. The van der Waals surface area contributed by atoms with Crippen LogP contribution in [-0.4, -0.2) is 67.1 Å². The van der Waals surface area contributed by atoms with E-state index in [0.29, 0.717) is 6.54 Å². The SMILES string of the molecule is CCN1CCN(c2ccc(CNC(=NC)NCCc3ccccn3)cn2)CC1.I. The van der Waals surface area contributed by atoms with E-state index in [1.807, 2.05) is 30.6 Å². The number of guanidine groups is 1. The minimum atomic E-state index is 0. The van der Waals surface area contributed by atoms with Crippen LogP contribution in [0.1, 0.15) is 18.2 Å². The number of halogens is 1. The normalized spacial score (nSPS) is 15.0. The summed E-state index contributed by atoms with van der Waals surface area (Å²) in [4.78, 5) is 18.1. The zero-order valence-electron chi connectivity index (χ0n) is 17.3. The number of nitrogens with one attached hydrogen (secondary N) is 2. The minimum absolute atomic E-state index is 0. The Bertz CT molecular complexity index is 728. The first-order valence-electron chi connectivity index (χ1n) is 10.0. The maximum absolute atomic E-state index is 4.66. The fourth-order valence-corrected chi connectivity index (χ4v) is 3.26. The van der Waals surface area contributed by atoms with Gasteiger partial charge >= 0.3 is 0 Å². The van der Waals surface area contributed by atoms with E-state index in [9.17, 15) is 0 Å². The van der Waals surface area contributed by atoms with Crippen LogP contribution in [-0.2, 0) is 13.0 Å². The lowest BCUT2D eigenvalue weighted by Gasteiger charge is -2.34. The van der Waals surface area contributed by atoms with Gasteiger partial charge in [-0.2, -0.15) is 0 Å². The van der Waals surface area contributed by atoms with Gasteiger partial charge < -0.3 is 20.4 Å². The van der Waals surface area contributed by atoms with Crippen LogP contribution in [0.5, 0.6) is 0 Å². The van der Waals surface area contributed by atoms with Gasteiger partial charge in [-0.1, -0.05) is 19.1 Å². The summed E-state index contributed by atoms with van der Waals surface area (Å²) in [6.07, 6.45) is 4.64. The van der Waals surface area contributed by atoms with Crippen LogP contribution in [0.3, 0.4) is 0 Å². The highest BCUT2D eigenvalue weighted by molar-refractivity contribution is 14.0. The van der Waals surface area contributed by atoms with Crippen LogP contribution < -0.4 is 15.5 Å². The molecule has 0 aliphatic carbocycles. The van der Waals surface area contributed by atoms with Gasteiger partial charge in [0, 0.05) is 70.8 Å². The van der Waals surface area contributed by atoms with Gasteiger partial charge in [-0.15, -0.1) is 24.0 Å². The number of hydrogen-bond acceptors (Lipinski definition) is 5. The number of anilines is 1. The molecular formula is C21H32IN7. The molecule has 1 aliphatic heterocycles. The number of hydrogen-bond donors (Lipinski definition) is 2. The van der Waals surface area contributed by atoms with Gasteiger partial charge in [0.15, 0.2) is 5.96 Å². The van der Waals surface area contributed by atoms with Gasteiger partial charge in [0.25, 0.3) is 0 Å². The van der Waals surface area contributed by atoms with Crippen molar-refractivity contribution < 1.29 is 0 Å². The molecule has 1 aliphatic rings. The molecule has 2 aromatic rings. The summed E-state index contributed by atoms with van der Waals surface area (Å²) in [5, 5.41) is 6.67. The van der Waals surface area contributed by atoms with Gasteiger partial charge in [0.05, 0.1) is 0 Å². The summed E-state index contributed by atoms with van der Waals surface area (Å²) in [7, 11) is 1.79. The van der Waals surface area contributed by atoms with E-state index in [-0.39, 0.29) is 24.0 Å². The second-order valence-corrected chi connectivity index (χ2v) is 6.87. The molecule has 0 amide bonds. The number of nitrogens with zero attached hydrogens (tertiary/aromatic N) is 5. The van der Waals surface area contributed by atoms with E-state index in [1.165, 1.54) is 0 Å². The molecule has 3 heterocycles. The predicted molar refractivity (Wildman–Crippen MR) is 130 cm³/mol. The minimum Gasteiger partial charge on any atom is -0.356 e. The van der Waals surface area contributed by atoms with Crippen molar-refractivity contribution >= 4 is 35.8 Å². The molecule has 0 spiro atoms. The summed E-state index contributed by atoms with van der Waals surface area (Å²) >= 11 is 0. The van der Waals surface area contributed by atoms with Crippen LogP contribution in [0.4, 0.5) is 5.82 Å². The van der Waals surface area contributed by atoms with Crippen LogP contribution in [0.2, 0.25) is 0 Å². The molecule has 8 heteroatoms. The topological polar surface area (TPSA) is 68.7 Å². The summed E-state index contributed by atoms with van der Waals surface area (Å²) in [5.41, 5.74) is 2.22. The number of likely N-dealkylation sites (N-methyl/N-ethyl adjacent to an activating group) is 1. The molecule has 0 aromatic carbocycles. The van der Waals surface area contributed by atoms with Gasteiger partial charge in [-0.25, -0.2) is 4.98 Å². The van der Waals surface area contributed by atoms with Crippen LogP contribution in [0, 0.1) is 0 Å². The molecule has 7 nitrogen and oxygen atoms in total. The van der Waals surface area contributed by atoms with E-state index in [0.717, 1.165) is 68.7 Å². The van der Waals surface area contributed by atoms with E-state index >= 15 is 0 Å². The first kappa shape index (κ1) is 23.3. The Labute approximate surface area is 191 Å². The van der Waals surface area contributed by atoms with Crippen molar-refractivity contribution in [3.05, 3.63) is 54.0 Å². The average Bonchev–Trinajstić information content (AvgIpc) is 2.77. The molecule has 158 valence electrons. The molecule has 0 atom stereocenters. The highest BCUT2D eigenvalue weighted by Crippen LogP contribution is 2.14. The van der Waals surface area contributed by atoms with E-state index in [2.05, 4.69) is 54.5 Å². The molecular weight excluding hydrogens is 477 g/mol. The number of pyridine rings is 2. The van der Waals surface area contributed by atoms with Crippen molar-refractivity contribution in [3.63, 3.8) is 0 Å². The molecule has 0 unspecified atom stereocenters. The Balaban J connectivity index is 0.00000300. The lowest BCUT2D eigenvalue weighted by atomic mass is 10.2. The maximum Gasteiger partial charge on any atom is 0.191 e. The fourth-order valence-electron chi connectivity index (χ4n) is 3.26. The van der Waals surface area contributed by atoms with Gasteiger partial charge in [0.1, 0.15) is 5.82 Å². The van der Waals surface area contributed by atoms with Crippen LogP contribution in [0.15, 0.2) is 47.7 Å². The van der Waals surface area contributed by atoms with Crippen molar-refractivity contribution in [2.24, 2.45) is 4.99 Å². The largest absolute Gasteiger partial charge is 0.356 e. The van der Waals surface area contributed by atoms with Crippen LogP contribution in [0.25, 0.3) is 0 Å². The zero-order valence-corrected chi connectivity index (χ0v) is 19.7. The highest BCUT2D eigenvalue weighted by atomic mass is 127. The monoisotopic (exact) mass is 509 g/mol. The molecule has 1 fully saturated rings. The van der Waals surface area contributed by atoms with E-state index in [1.54, 1.807) is 7.05 Å². The Hall–Kier alpha value is -1.94. The Morgan fingerprint density at radius 3 is 2.52 bits per heavy atom. The molecule has 1 saturated heterocycles. The Kier molecular flexibility index (Phi) is 10.1. The quantitative estimate of drug-likeness (QED) is 0.339. The smallest absolute Gasteiger partial charge is 0.191 e. The number of piperazine rings is 1. The first-order chi connectivity index (χ1) is 13.8. The standard InChI is InChI=1S/C21H31N7.HI/c1-3-27-12-14-28(15-13-27)20-8-7-18(16-25-20)17-26-21(22-2)24-11-9-19-6-4-5-10-23-19;/h4-8,10,16H,3,9,11-15,17H2,1-2H3,(H2,22,24,26);1H. The van der Waals surface area contributed by atoms with Gasteiger partial charge in [-0.05, 0) is 30.3 Å². The Morgan fingerprint density at radius 2 is 1.90 bits per heavy atom.